The fraction of sp³-hybridized carbons (Fsp3) is 0.333. The van der Waals surface area contributed by atoms with Crippen molar-refractivity contribution >= 4 is 15.8 Å². The van der Waals surface area contributed by atoms with E-state index in [1.165, 1.54) is 6.07 Å². The molecule has 0 heterocycles. The first-order chi connectivity index (χ1) is 6.32. The summed E-state index contributed by atoms with van der Waals surface area (Å²) in [4.78, 5) is 1.73. The first-order valence-corrected chi connectivity index (χ1v) is 5.52. The Hall–Kier alpha value is 0.566. The molecule has 1 aromatic rings. The predicted octanol–water partition coefficient (Wildman–Crippen LogP) is -1.69. The summed E-state index contributed by atoms with van der Waals surface area (Å²) in [5, 5.41) is 0. The van der Waals surface area contributed by atoms with Crippen LogP contribution < -0.4 is 56.3 Å². The van der Waals surface area contributed by atoms with Gasteiger partial charge in [-0.1, -0.05) is 6.07 Å². The van der Waals surface area contributed by atoms with Crippen LogP contribution in [0, 0.1) is 6.92 Å². The van der Waals surface area contributed by atoms with Crippen molar-refractivity contribution in [1.82, 2.24) is 0 Å². The van der Waals surface area contributed by atoms with E-state index in [1.807, 2.05) is 0 Å². The quantitative estimate of drug-likeness (QED) is 0.505. The summed E-state index contributed by atoms with van der Waals surface area (Å²) in [5.41, 5.74) is 1.28. The van der Waals surface area contributed by atoms with E-state index in [4.69, 9.17) is 4.55 Å². The van der Waals surface area contributed by atoms with Gasteiger partial charge < -0.3 is 4.90 Å². The van der Waals surface area contributed by atoms with Gasteiger partial charge in [0, 0.05) is 19.8 Å². The third kappa shape index (κ3) is 4.14. The molecule has 0 amide bonds. The summed E-state index contributed by atoms with van der Waals surface area (Å²) >= 11 is 0. The van der Waals surface area contributed by atoms with Crippen LogP contribution in [0.5, 0.6) is 0 Å². The number of aryl methyl sites for hydroxylation is 1. The zero-order valence-electron chi connectivity index (χ0n) is 9.35. The minimum absolute atomic E-state index is 0. The Balaban J connectivity index is 0.00000196. The Labute approximate surface area is 133 Å². The number of hydrogen-bond donors (Lipinski definition) is 1. The third-order valence-electron chi connectivity index (χ3n) is 1.97. The Morgan fingerprint density at radius 1 is 1.27 bits per heavy atom. The molecule has 0 unspecified atom stereocenters. The molecule has 1 N–H and O–H groups in total. The maximum Gasteiger partial charge on any atom is 1.00 e. The van der Waals surface area contributed by atoms with E-state index >= 15 is 0 Å². The second-order valence-corrected chi connectivity index (χ2v) is 4.71. The minimum Gasteiger partial charge on any atom is -0.378 e. The molecule has 0 fully saturated rings. The van der Waals surface area contributed by atoms with Gasteiger partial charge >= 0.3 is 51.4 Å². The molecule has 0 aliphatic rings. The molecule has 1 rings (SSSR count). The fourth-order valence-electron chi connectivity index (χ4n) is 1.14. The number of benzene rings is 1. The molecule has 0 aliphatic carbocycles. The van der Waals surface area contributed by atoms with E-state index in [-0.39, 0.29) is 56.3 Å². The zero-order valence-corrected chi connectivity index (χ0v) is 13.3. The number of hydrogen-bond acceptors (Lipinski definition) is 3. The minimum atomic E-state index is -4.12. The average Bonchev–Trinajstić information content (AvgIpc) is 2.02. The molecule has 0 spiro atoms. The average molecular weight is 254 g/mol. The summed E-state index contributed by atoms with van der Waals surface area (Å²) in [6.07, 6.45) is 0. The second-order valence-electron chi connectivity index (χ2n) is 3.32. The first-order valence-electron chi connectivity index (χ1n) is 4.08. The summed E-state index contributed by atoms with van der Waals surface area (Å²) in [5.74, 6) is 0. The van der Waals surface area contributed by atoms with Crippen molar-refractivity contribution in [3.8, 4) is 0 Å². The number of anilines is 1. The molecule has 0 radical (unpaired) electrons. The smallest absolute Gasteiger partial charge is 0.378 e. The van der Waals surface area contributed by atoms with E-state index in [9.17, 15) is 8.42 Å². The third-order valence-corrected chi connectivity index (χ3v) is 2.96. The SMILES string of the molecule is Cc1ccc(N(C)C)cc1S(=O)(=O)O.[K+]. The molecule has 78 valence electrons. The summed E-state index contributed by atoms with van der Waals surface area (Å²) in [6.45, 7) is 1.64. The van der Waals surface area contributed by atoms with Gasteiger partial charge in [-0.25, -0.2) is 0 Å². The van der Waals surface area contributed by atoms with Gasteiger partial charge in [-0.2, -0.15) is 8.42 Å². The molecule has 0 bridgehead atoms. The summed E-state index contributed by atoms with van der Waals surface area (Å²) in [7, 11) is -0.508. The first kappa shape index (κ1) is 15.6. The molecule has 0 aromatic heterocycles. The molecule has 0 saturated heterocycles. The topological polar surface area (TPSA) is 57.6 Å². The van der Waals surface area contributed by atoms with Crippen LogP contribution in [0.1, 0.15) is 5.56 Å². The Kier molecular flexibility index (Phi) is 5.98. The van der Waals surface area contributed by atoms with Crippen molar-refractivity contribution in [2.24, 2.45) is 0 Å². The van der Waals surface area contributed by atoms with E-state index in [2.05, 4.69) is 0 Å². The second kappa shape index (κ2) is 5.76. The number of nitrogens with zero attached hydrogens (tertiary/aromatic N) is 1. The predicted molar refractivity (Wildman–Crippen MR) is 55.3 cm³/mol. The molecule has 4 nitrogen and oxygen atoms in total. The van der Waals surface area contributed by atoms with E-state index in [0.29, 0.717) is 5.56 Å². The molecule has 15 heavy (non-hydrogen) atoms. The van der Waals surface area contributed by atoms with Gasteiger partial charge in [0.1, 0.15) is 0 Å². The Morgan fingerprint density at radius 2 is 1.80 bits per heavy atom. The van der Waals surface area contributed by atoms with Gasteiger partial charge in [-0.3, -0.25) is 4.55 Å². The van der Waals surface area contributed by atoms with Gasteiger partial charge in [0.2, 0.25) is 0 Å². The van der Waals surface area contributed by atoms with E-state index in [1.54, 1.807) is 38.1 Å². The van der Waals surface area contributed by atoms with Gasteiger partial charge in [-0.15, -0.1) is 0 Å². The summed E-state index contributed by atoms with van der Waals surface area (Å²) < 4.78 is 30.9. The van der Waals surface area contributed by atoms with Crippen LogP contribution in [0.2, 0.25) is 0 Å². The zero-order chi connectivity index (χ0) is 10.9. The van der Waals surface area contributed by atoms with Crippen LogP contribution in [0.25, 0.3) is 0 Å². The summed E-state index contributed by atoms with van der Waals surface area (Å²) in [6, 6.07) is 4.91. The van der Waals surface area contributed by atoms with Gasteiger partial charge in [0.15, 0.2) is 0 Å². The van der Waals surface area contributed by atoms with E-state index < -0.39 is 10.1 Å². The van der Waals surface area contributed by atoms with Gasteiger partial charge in [-0.05, 0) is 24.6 Å². The van der Waals surface area contributed by atoms with Crippen molar-refractivity contribution in [1.29, 1.82) is 0 Å². The standard InChI is InChI=1S/C9H13NO3S.K/c1-7-4-5-8(10(2)3)6-9(7)14(11,12)13;/h4-6H,1-3H3,(H,11,12,13);/q;+1. The van der Waals surface area contributed by atoms with Crippen LogP contribution in [0.3, 0.4) is 0 Å². The van der Waals surface area contributed by atoms with Crippen LogP contribution in [0.4, 0.5) is 5.69 Å². The van der Waals surface area contributed by atoms with Gasteiger partial charge in [0.05, 0.1) is 4.90 Å². The maximum absolute atomic E-state index is 11.0. The van der Waals surface area contributed by atoms with Crippen molar-refractivity contribution in [2.45, 2.75) is 11.8 Å². The fourth-order valence-corrected chi connectivity index (χ4v) is 1.89. The molecule has 6 heteroatoms. The Morgan fingerprint density at radius 3 is 2.20 bits per heavy atom. The van der Waals surface area contributed by atoms with Crippen molar-refractivity contribution in [3.05, 3.63) is 23.8 Å². The monoisotopic (exact) mass is 254 g/mol. The van der Waals surface area contributed by atoms with Crippen molar-refractivity contribution in [2.75, 3.05) is 19.0 Å². The Bertz CT molecular complexity index is 443. The molecule has 0 saturated carbocycles. The normalized spacial score (nSPS) is 10.7. The largest absolute Gasteiger partial charge is 1.00 e. The van der Waals surface area contributed by atoms with Crippen LogP contribution in [0.15, 0.2) is 23.1 Å². The van der Waals surface area contributed by atoms with Crippen molar-refractivity contribution in [3.63, 3.8) is 0 Å². The van der Waals surface area contributed by atoms with Crippen molar-refractivity contribution < 1.29 is 64.4 Å². The molecule has 1 aromatic carbocycles. The van der Waals surface area contributed by atoms with Crippen LogP contribution in [-0.4, -0.2) is 27.1 Å². The maximum atomic E-state index is 11.0. The molecule has 0 aliphatic heterocycles. The van der Waals surface area contributed by atoms with Crippen LogP contribution >= 0.6 is 0 Å². The van der Waals surface area contributed by atoms with Gasteiger partial charge in [0.25, 0.3) is 10.1 Å². The van der Waals surface area contributed by atoms with E-state index in [0.717, 1.165) is 5.69 Å². The van der Waals surface area contributed by atoms with Crippen LogP contribution in [-0.2, 0) is 10.1 Å². The molecular formula is C9H13KNO3S+. The number of rotatable bonds is 2. The molecule has 0 atom stereocenters. The molecular weight excluding hydrogens is 241 g/mol.